The molecule has 2 unspecified atom stereocenters. The number of ether oxygens (including phenoxy) is 2. The van der Waals surface area contributed by atoms with Crippen molar-refractivity contribution in [2.75, 3.05) is 30.4 Å². The summed E-state index contributed by atoms with van der Waals surface area (Å²) in [6.45, 7) is 7.50. The highest BCUT2D eigenvalue weighted by Crippen LogP contribution is 2.34. The molecule has 0 spiro atoms. The van der Waals surface area contributed by atoms with E-state index in [9.17, 15) is 4.79 Å². The fourth-order valence-corrected chi connectivity index (χ4v) is 2.99. The molecule has 0 amide bonds. The number of carbonyl (C=O) groups excluding carboxylic acids is 1. The van der Waals surface area contributed by atoms with Crippen LogP contribution in [-0.2, 0) is 9.47 Å². The van der Waals surface area contributed by atoms with E-state index in [-0.39, 0.29) is 18.0 Å². The molecule has 1 aromatic rings. The summed E-state index contributed by atoms with van der Waals surface area (Å²) in [5.74, 6) is -0.167. The fraction of sp³-hybridized carbons (Fsp3) is 0.667. The highest BCUT2D eigenvalue weighted by atomic mass is 32.1. The van der Waals surface area contributed by atoms with Crippen molar-refractivity contribution in [1.82, 2.24) is 4.37 Å². The minimum Gasteiger partial charge on any atom is -0.462 e. The molecule has 0 aromatic carbocycles. The molecule has 1 saturated heterocycles. The third-order valence-electron chi connectivity index (χ3n) is 3.05. The van der Waals surface area contributed by atoms with Gasteiger partial charge in [-0.25, -0.2) is 4.79 Å². The van der Waals surface area contributed by atoms with Crippen LogP contribution in [0.4, 0.5) is 10.8 Å². The molecule has 1 fully saturated rings. The molecule has 1 aliphatic rings. The number of hydrogen-bond acceptors (Lipinski definition) is 7. The summed E-state index contributed by atoms with van der Waals surface area (Å²) in [7, 11) is 0. The Hall–Kier alpha value is -1.34. The van der Waals surface area contributed by atoms with E-state index in [0.29, 0.717) is 18.8 Å². The molecule has 1 aromatic heterocycles. The summed E-state index contributed by atoms with van der Waals surface area (Å²) in [4.78, 5) is 14.1. The van der Waals surface area contributed by atoms with Crippen molar-refractivity contribution in [3.8, 4) is 0 Å². The summed E-state index contributed by atoms with van der Waals surface area (Å²) in [6.07, 6.45) is 0.120. The second kappa shape index (κ2) is 5.75. The molecule has 2 N–H and O–H groups in total. The number of anilines is 2. The smallest absolute Gasteiger partial charge is 0.345 e. The molecule has 0 saturated carbocycles. The van der Waals surface area contributed by atoms with Gasteiger partial charge in [-0.3, -0.25) is 0 Å². The summed E-state index contributed by atoms with van der Waals surface area (Å²) in [5, 5.41) is 0.776. The maximum atomic E-state index is 12.0. The van der Waals surface area contributed by atoms with Gasteiger partial charge in [-0.15, -0.1) is 0 Å². The van der Waals surface area contributed by atoms with Gasteiger partial charge in [0.15, 0.2) is 5.82 Å². The van der Waals surface area contributed by atoms with Gasteiger partial charge in [0, 0.05) is 6.54 Å². The number of morpholine rings is 1. The van der Waals surface area contributed by atoms with E-state index in [4.69, 9.17) is 15.2 Å². The number of carbonyl (C=O) groups is 1. The molecular weight excluding hydrogens is 266 g/mol. The Morgan fingerprint density at radius 2 is 2.37 bits per heavy atom. The Bertz CT molecular complexity index is 463. The first-order chi connectivity index (χ1) is 9.04. The van der Waals surface area contributed by atoms with Crippen molar-refractivity contribution in [1.29, 1.82) is 0 Å². The predicted molar refractivity (Wildman–Crippen MR) is 74.7 cm³/mol. The number of rotatable bonds is 3. The van der Waals surface area contributed by atoms with Gasteiger partial charge in [-0.1, -0.05) is 0 Å². The first-order valence-corrected chi connectivity index (χ1v) is 7.12. The monoisotopic (exact) mass is 285 g/mol. The molecule has 19 heavy (non-hydrogen) atoms. The van der Waals surface area contributed by atoms with Crippen LogP contribution in [0.25, 0.3) is 0 Å². The quantitative estimate of drug-likeness (QED) is 0.848. The first-order valence-electron chi connectivity index (χ1n) is 6.35. The molecule has 0 radical (unpaired) electrons. The fourth-order valence-electron chi connectivity index (χ4n) is 2.07. The Morgan fingerprint density at radius 1 is 1.63 bits per heavy atom. The van der Waals surface area contributed by atoms with Gasteiger partial charge in [0.2, 0.25) is 0 Å². The molecular formula is C12H19N3O3S. The molecule has 0 bridgehead atoms. The Kier molecular flexibility index (Phi) is 4.26. The molecule has 2 heterocycles. The zero-order valence-corrected chi connectivity index (χ0v) is 12.2. The van der Waals surface area contributed by atoms with Crippen molar-refractivity contribution in [3.63, 3.8) is 0 Å². The normalized spacial score (nSPS) is 23.4. The van der Waals surface area contributed by atoms with E-state index >= 15 is 0 Å². The third kappa shape index (κ3) is 2.82. The van der Waals surface area contributed by atoms with Crippen LogP contribution in [0.5, 0.6) is 0 Å². The molecule has 6 nitrogen and oxygen atoms in total. The Labute approximate surface area is 116 Å². The van der Waals surface area contributed by atoms with Crippen LogP contribution in [0.1, 0.15) is 31.1 Å². The molecule has 1 aliphatic heterocycles. The van der Waals surface area contributed by atoms with E-state index in [0.717, 1.165) is 11.5 Å². The number of hydrogen-bond donors (Lipinski definition) is 1. The van der Waals surface area contributed by atoms with Crippen LogP contribution < -0.4 is 10.6 Å². The Morgan fingerprint density at radius 3 is 3.05 bits per heavy atom. The van der Waals surface area contributed by atoms with Crippen molar-refractivity contribution in [2.45, 2.75) is 32.9 Å². The zero-order valence-electron chi connectivity index (χ0n) is 11.4. The third-order valence-corrected chi connectivity index (χ3v) is 3.95. The second-order valence-electron chi connectivity index (χ2n) is 4.61. The average molecular weight is 285 g/mol. The van der Waals surface area contributed by atoms with Crippen LogP contribution in [0.2, 0.25) is 0 Å². The maximum Gasteiger partial charge on any atom is 0.345 e. The lowest BCUT2D eigenvalue weighted by molar-refractivity contribution is 0.0342. The molecule has 2 rings (SSSR count). The van der Waals surface area contributed by atoms with E-state index in [1.54, 1.807) is 6.92 Å². The second-order valence-corrected chi connectivity index (χ2v) is 5.37. The van der Waals surface area contributed by atoms with Crippen LogP contribution in [0, 0.1) is 0 Å². The zero-order chi connectivity index (χ0) is 14.0. The van der Waals surface area contributed by atoms with Gasteiger partial charge in [0.05, 0.1) is 25.4 Å². The standard InChI is InChI=1S/C12H19N3O3S/c1-4-17-12(16)9-10(13)14-19-11(9)15-5-8(3)18-6-7(15)2/h7-8H,4-6H2,1-3H3,(H2,13,14). The number of esters is 1. The number of nitrogens with two attached hydrogens (primary N) is 1. The summed E-state index contributed by atoms with van der Waals surface area (Å²) in [5.41, 5.74) is 6.18. The van der Waals surface area contributed by atoms with Gasteiger partial charge < -0.3 is 20.1 Å². The van der Waals surface area contributed by atoms with Crippen molar-refractivity contribution in [2.24, 2.45) is 0 Å². The van der Waals surface area contributed by atoms with Crippen LogP contribution in [0.15, 0.2) is 0 Å². The van der Waals surface area contributed by atoms with E-state index in [1.165, 1.54) is 11.5 Å². The SMILES string of the molecule is CCOC(=O)c1c(N)nsc1N1CC(C)OCC1C. The molecule has 106 valence electrons. The molecule has 2 atom stereocenters. The van der Waals surface area contributed by atoms with Gasteiger partial charge in [0.25, 0.3) is 0 Å². The minimum atomic E-state index is -0.407. The maximum absolute atomic E-state index is 12.0. The largest absolute Gasteiger partial charge is 0.462 e. The average Bonchev–Trinajstić information content (AvgIpc) is 2.74. The molecule has 0 aliphatic carbocycles. The van der Waals surface area contributed by atoms with Gasteiger partial charge in [-0.2, -0.15) is 4.37 Å². The van der Waals surface area contributed by atoms with Crippen LogP contribution in [-0.4, -0.2) is 42.2 Å². The van der Waals surface area contributed by atoms with Gasteiger partial charge in [0.1, 0.15) is 10.6 Å². The number of nitrogens with zero attached hydrogens (tertiary/aromatic N) is 2. The lowest BCUT2D eigenvalue weighted by Crippen LogP contribution is -2.47. The highest BCUT2D eigenvalue weighted by Gasteiger charge is 2.31. The van der Waals surface area contributed by atoms with E-state index < -0.39 is 5.97 Å². The van der Waals surface area contributed by atoms with Crippen molar-refractivity contribution < 1.29 is 14.3 Å². The number of nitrogen functional groups attached to an aromatic ring is 1. The predicted octanol–water partition coefficient (Wildman–Crippen LogP) is 1.52. The van der Waals surface area contributed by atoms with Crippen molar-refractivity contribution in [3.05, 3.63) is 5.56 Å². The molecule has 7 heteroatoms. The minimum absolute atomic E-state index is 0.120. The van der Waals surface area contributed by atoms with Crippen LogP contribution >= 0.6 is 11.5 Å². The lowest BCUT2D eigenvalue weighted by atomic mass is 10.2. The van der Waals surface area contributed by atoms with Crippen molar-refractivity contribution >= 4 is 28.3 Å². The number of aromatic nitrogens is 1. The van der Waals surface area contributed by atoms with E-state index in [2.05, 4.69) is 16.2 Å². The topological polar surface area (TPSA) is 77.7 Å². The lowest BCUT2D eigenvalue weighted by Gasteiger charge is -2.37. The summed E-state index contributed by atoms with van der Waals surface area (Å²) in [6, 6.07) is 0.184. The highest BCUT2D eigenvalue weighted by molar-refractivity contribution is 7.11. The van der Waals surface area contributed by atoms with Crippen LogP contribution in [0.3, 0.4) is 0 Å². The summed E-state index contributed by atoms with van der Waals surface area (Å²) < 4.78 is 14.7. The first kappa shape index (κ1) is 14.1. The Balaban J connectivity index is 2.31. The van der Waals surface area contributed by atoms with Gasteiger partial charge >= 0.3 is 5.97 Å². The van der Waals surface area contributed by atoms with E-state index in [1.807, 2.05) is 6.92 Å². The van der Waals surface area contributed by atoms with Gasteiger partial charge in [-0.05, 0) is 32.3 Å². The summed E-state index contributed by atoms with van der Waals surface area (Å²) >= 11 is 1.24.